The first-order chi connectivity index (χ1) is 14.3. The highest BCUT2D eigenvalue weighted by atomic mass is 16.5. The van der Waals surface area contributed by atoms with Gasteiger partial charge in [0, 0.05) is 6.42 Å². The van der Waals surface area contributed by atoms with Gasteiger partial charge in [0.2, 0.25) is 0 Å². The summed E-state index contributed by atoms with van der Waals surface area (Å²) in [6.07, 6.45) is 3.53. The Bertz CT molecular complexity index is 1130. The zero-order valence-corrected chi connectivity index (χ0v) is 16.8. The van der Waals surface area contributed by atoms with E-state index in [1.54, 1.807) is 0 Å². The highest BCUT2D eigenvalue weighted by Gasteiger charge is 2.12. The summed E-state index contributed by atoms with van der Waals surface area (Å²) < 4.78 is 8.43. The first-order valence-electron chi connectivity index (χ1n) is 10.1. The van der Waals surface area contributed by atoms with Crippen LogP contribution in [0, 0.1) is 6.92 Å². The van der Waals surface area contributed by atoms with Gasteiger partial charge in [-0.1, -0.05) is 60.7 Å². The van der Waals surface area contributed by atoms with Crippen LogP contribution < -0.4 is 4.74 Å². The van der Waals surface area contributed by atoms with Gasteiger partial charge in [-0.15, -0.1) is 6.58 Å². The van der Waals surface area contributed by atoms with Crippen molar-refractivity contribution >= 4 is 11.0 Å². The Kier molecular flexibility index (Phi) is 5.76. The molecule has 0 bridgehead atoms. The standard InChI is InChI=1S/C26H26N2O/c1-3-10-21-12-6-9-16-25(21)29-18-17-28-24-15-8-7-14-23(24)27-26(28)19-22-13-5-4-11-20(22)2/h3-9,11-16H,1,10,17-19H2,2H3. The summed E-state index contributed by atoms with van der Waals surface area (Å²) in [4.78, 5) is 4.92. The molecule has 1 heterocycles. The van der Waals surface area contributed by atoms with Gasteiger partial charge in [-0.2, -0.15) is 0 Å². The maximum Gasteiger partial charge on any atom is 0.122 e. The number of aromatic nitrogens is 2. The zero-order chi connectivity index (χ0) is 20.1. The lowest BCUT2D eigenvalue weighted by atomic mass is 10.1. The lowest BCUT2D eigenvalue weighted by Crippen LogP contribution is -2.12. The molecule has 0 radical (unpaired) electrons. The Morgan fingerprint density at radius 2 is 1.66 bits per heavy atom. The first kappa shape index (κ1) is 19.0. The Morgan fingerprint density at radius 1 is 0.931 bits per heavy atom. The van der Waals surface area contributed by atoms with Crippen molar-refractivity contribution in [3.05, 3.63) is 108 Å². The SMILES string of the molecule is C=CCc1ccccc1OCCn1c(Cc2ccccc2C)nc2ccccc21. The van der Waals surface area contributed by atoms with Crippen LogP contribution in [-0.4, -0.2) is 16.2 Å². The van der Waals surface area contributed by atoms with Crippen molar-refractivity contribution in [3.8, 4) is 5.75 Å². The molecule has 29 heavy (non-hydrogen) atoms. The topological polar surface area (TPSA) is 27.1 Å². The first-order valence-corrected chi connectivity index (χ1v) is 10.1. The molecule has 0 unspecified atom stereocenters. The summed E-state index contributed by atoms with van der Waals surface area (Å²) in [6, 6.07) is 25.0. The van der Waals surface area contributed by atoms with E-state index < -0.39 is 0 Å². The van der Waals surface area contributed by atoms with Crippen LogP contribution >= 0.6 is 0 Å². The van der Waals surface area contributed by atoms with Crippen LogP contribution in [0.25, 0.3) is 11.0 Å². The van der Waals surface area contributed by atoms with Gasteiger partial charge >= 0.3 is 0 Å². The number of para-hydroxylation sites is 3. The number of fused-ring (bicyclic) bond motifs is 1. The van der Waals surface area contributed by atoms with E-state index in [1.165, 1.54) is 11.1 Å². The highest BCUT2D eigenvalue weighted by molar-refractivity contribution is 5.76. The van der Waals surface area contributed by atoms with E-state index in [1.807, 2.05) is 30.3 Å². The molecule has 0 N–H and O–H groups in total. The Morgan fingerprint density at radius 3 is 2.48 bits per heavy atom. The third kappa shape index (κ3) is 4.24. The Labute approximate surface area is 172 Å². The Balaban J connectivity index is 1.58. The van der Waals surface area contributed by atoms with E-state index in [9.17, 15) is 0 Å². The van der Waals surface area contributed by atoms with Crippen LogP contribution in [0.3, 0.4) is 0 Å². The number of imidazole rings is 1. The molecule has 146 valence electrons. The number of nitrogens with zero attached hydrogens (tertiary/aromatic N) is 2. The van der Waals surface area contributed by atoms with Gasteiger partial charge in [-0.3, -0.25) is 0 Å². The molecule has 4 aromatic rings. The van der Waals surface area contributed by atoms with Crippen molar-refractivity contribution < 1.29 is 4.74 Å². The molecule has 3 aromatic carbocycles. The van der Waals surface area contributed by atoms with Gasteiger partial charge in [-0.05, 0) is 48.2 Å². The minimum Gasteiger partial charge on any atom is -0.491 e. The average molecular weight is 383 g/mol. The second kappa shape index (κ2) is 8.78. The van der Waals surface area contributed by atoms with Crippen LogP contribution in [0.2, 0.25) is 0 Å². The monoisotopic (exact) mass is 382 g/mol. The van der Waals surface area contributed by atoms with Gasteiger partial charge in [-0.25, -0.2) is 4.98 Å². The van der Waals surface area contributed by atoms with E-state index in [0.717, 1.165) is 47.6 Å². The largest absolute Gasteiger partial charge is 0.491 e. The summed E-state index contributed by atoms with van der Waals surface area (Å²) in [5.41, 5.74) is 5.95. The molecule has 0 saturated carbocycles. The molecule has 0 aliphatic carbocycles. The summed E-state index contributed by atoms with van der Waals surface area (Å²) in [5, 5.41) is 0. The van der Waals surface area contributed by atoms with Gasteiger partial charge in [0.25, 0.3) is 0 Å². The summed E-state index contributed by atoms with van der Waals surface area (Å²) >= 11 is 0. The molecular formula is C26H26N2O. The van der Waals surface area contributed by atoms with Crippen molar-refractivity contribution in [2.75, 3.05) is 6.61 Å². The summed E-state index contributed by atoms with van der Waals surface area (Å²) in [6.45, 7) is 7.34. The number of hydrogen-bond acceptors (Lipinski definition) is 2. The molecule has 0 fully saturated rings. The van der Waals surface area contributed by atoms with Crippen molar-refractivity contribution in [1.82, 2.24) is 9.55 Å². The molecule has 1 aromatic heterocycles. The summed E-state index contributed by atoms with van der Waals surface area (Å²) in [7, 11) is 0. The predicted molar refractivity (Wildman–Crippen MR) is 120 cm³/mol. The Hall–Kier alpha value is -3.33. The molecule has 0 saturated heterocycles. The van der Waals surface area contributed by atoms with Crippen LogP contribution in [0.5, 0.6) is 5.75 Å². The van der Waals surface area contributed by atoms with Gasteiger partial charge < -0.3 is 9.30 Å². The predicted octanol–water partition coefficient (Wildman–Crippen LogP) is 5.74. The molecule has 0 amide bonds. The zero-order valence-electron chi connectivity index (χ0n) is 16.8. The number of allylic oxidation sites excluding steroid dienone is 1. The van der Waals surface area contributed by atoms with Crippen LogP contribution in [0.4, 0.5) is 0 Å². The lowest BCUT2D eigenvalue weighted by molar-refractivity contribution is 0.296. The average Bonchev–Trinajstić information content (AvgIpc) is 3.08. The van der Waals surface area contributed by atoms with Gasteiger partial charge in [0.1, 0.15) is 18.2 Å². The smallest absolute Gasteiger partial charge is 0.122 e. The third-order valence-corrected chi connectivity index (χ3v) is 5.25. The molecule has 0 atom stereocenters. The van der Waals surface area contributed by atoms with Crippen molar-refractivity contribution in [2.45, 2.75) is 26.3 Å². The normalized spacial score (nSPS) is 10.9. The summed E-state index contributed by atoms with van der Waals surface area (Å²) in [5.74, 6) is 2.00. The molecule has 3 nitrogen and oxygen atoms in total. The fraction of sp³-hybridized carbons (Fsp3) is 0.192. The lowest BCUT2D eigenvalue weighted by Gasteiger charge is -2.13. The number of hydrogen-bond donors (Lipinski definition) is 0. The fourth-order valence-corrected chi connectivity index (χ4v) is 3.70. The highest BCUT2D eigenvalue weighted by Crippen LogP contribution is 2.22. The quantitative estimate of drug-likeness (QED) is 0.363. The van der Waals surface area contributed by atoms with E-state index in [-0.39, 0.29) is 0 Å². The van der Waals surface area contributed by atoms with Crippen molar-refractivity contribution in [2.24, 2.45) is 0 Å². The number of ether oxygens (including phenoxy) is 1. The molecule has 0 aliphatic heterocycles. The fourth-order valence-electron chi connectivity index (χ4n) is 3.70. The van der Waals surface area contributed by atoms with E-state index in [0.29, 0.717) is 6.61 Å². The number of benzene rings is 3. The van der Waals surface area contributed by atoms with E-state index in [4.69, 9.17) is 9.72 Å². The molecule has 0 aliphatic rings. The molecule has 4 rings (SSSR count). The van der Waals surface area contributed by atoms with Crippen LogP contribution in [0.1, 0.15) is 22.5 Å². The third-order valence-electron chi connectivity index (χ3n) is 5.25. The van der Waals surface area contributed by atoms with E-state index in [2.05, 4.69) is 66.6 Å². The van der Waals surface area contributed by atoms with E-state index >= 15 is 0 Å². The van der Waals surface area contributed by atoms with Crippen molar-refractivity contribution in [3.63, 3.8) is 0 Å². The second-order valence-corrected chi connectivity index (χ2v) is 7.22. The maximum absolute atomic E-state index is 6.14. The molecular weight excluding hydrogens is 356 g/mol. The molecule has 0 spiro atoms. The maximum atomic E-state index is 6.14. The second-order valence-electron chi connectivity index (χ2n) is 7.22. The minimum atomic E-state index is 0.593. The molecule has 3 heteroatoms. The van der Waals surface area contributed by atoms with Crippen molar-refractivity contribution in [1.29, 1.82) is 0 Å². The number of rotatable bonds is 8. The number of aryl methyl sites for hydroxylation is 1. The minimum absolute atomic E-state index is 0.593. The van der Waals surface area contributed by atoms with Crippen LogP contribution in [-0.2, 0) is 19.4 Å². The van der Waals surface area contributed by atoms with Crippen LogP contribution in [0.15, 0.2) is 85.5 Å². The van der Waals surface area contributed by atoms with Gasteiger partial charge in [0.05, 0.1) is 17.6 Å². The van der Waals surface area contributed by atoms with Gasteiger partial charge in [0.15, 0.2) is 0 Å².